The number of nitrogens with one attached hydrogen (secondary N) is 2. The molecule has 1 aliphatic carbocycles. The quantitative estimate of drug-likeness (QED) is 0.821. The Bertz CT molecular complexity index is 775. The van der Waals surface area contributed by atoms with Gasteiger partial charge in [-0.25, -0.2) is 4.39 Å². The van der Waals surface area contributed by atoms with Gasteiger partial charge in [-0.1, -0.05) is 24.3 Å². The van der Waals surface area contributed by atoms with E-state index in [1.54, 1.807) is 37.3 Å². The number of hydrogen-bond acceptors (Lipinski definition) is 3. The average Bonchev–Trinajstić information content (AvgIpc) is 3.41. The molecule has 1 atom stereocenters. The molecule has 0 bridgehead atoms. The maximum absolute atomic E-state index is 14.3. The second-order valence-corrected chi connectivity index (χ2v) is 6.05. The van der Waals surface area contributed by atoms with Gasteiger partial charge in [-0.15, -0.1) is 0 Å². The lowest BCUT2D eigenvalue weighted by atomic mass is 10.1. The molecule has 0 spiro atoms. The molecule has 0 radical (unpaired) electrons. The summed E-state index contributed by atoms with van der Waals surface area (Å²) in [5, 5.41) is 5.18. The topological polar surface area (TPSA) is 67.4 Å². The van der Waals surface area contributed by atoms with E-state index in [0.29, 0.717) is 11.3 Å². The molecule has 0 aliphatic heterocycles. The molecule has 0 aromatic heterocycles. The third kappa shape index (κ3) is 4.56. The Morgan fingerprint density at radius 1 is 1.12 bits per heavy atom. The van der Waals surface area contributed by atoms with Crippen molar-refractivity contribution in [3.05, 3.63) is 59.9 Å². The summed E-state index contributed by atoms with van der Waals surface area (Å²) in [6, 6.07) is 13.0. The lowest BCUT2D eigenvalue weighted by molar-refractivity contribution is -0.139. The van der Waals surface area contributed by atoms with Crippen LogP contribution in [-0.4, -0.2) is 17.9 Å². The van der Waals surface area contributed by atoms with Gasteiger partial charge < -0.3 is 15.4 Å². The summed E-state index contributed by atoms with van der Waals surface area (Å²) in [5.41, 5.74) is 0.547. The van der Waals surface area contributed by atoms with E-state index in [-0.39, 0.29) is 11.8 Å². The highest BCUT2D eigenvalue weighted by Gasteiger charge is 2.27. The van der Waals surface area contributed by atoms with Crippen molar-refractivity contribution in [2.75, 3.05) is 0 Å². The van der Waals surface area contributed by atoms with Gasteiger partial charge in [0.1, 0.15) is 5.75 Å². The zero-order chi connectivity index (χ0) is 17.8. The van der Waals surface area contributed by atoms with E-state index in [0.717, 1.165) is 12.8 Å². The summed E-state index contributed by atoms with van der Waals surface area (Å²) in [4.78, 5) is 23.5. The normalized spacial score (nSPS) is 14.5. The van der Waals surface area contributed by atoms with Gasteiger partial charge in [-0.05, 0) is 49.6 Å². The maximum atomic E-state index is 14.3. The van der Waals surface area contributed by atoms with E-state index >= 15 is 0 Å². The molecule has 25 heavy (non-hydrogen) atoms. The fraction of sp³-hybridized carbons (Fsp3) is 0.263. The van der Waals surface area contributed by atoms with Gasteiger partial charge in [-0.3, -0.25) is 9.59 Å². The lowest BCUT2D eigenvalue weighted by Gasteiger charge is -2.15. The van der Waals surface area contributed by atoms with E-state index in [4.69, 9.17) is 4.74 Å². The zero-order valence-electron chi connectivity index (χ0n) is 13.8. The van der Waals surface area contributed by atoms with Crippen LogP contribution in [0.15, 0.2) is 48.5 Å². The van der Waals surface area contributed by atoms with Crippen molar-refractivity contribution < 1.29 is 18.7 Å². The van der Waals surface area contributed by atoms with E-state index in [1.165, 1.54) is 12.1 Å². The van der Waals surface area contributed by atoms with Crippen molar-refractivity contribution in [3.63, 3.8) is 0 Å². The molecule has 0 unspecified atom stereocenters. The molecular weight excluding hydrogens is 323 g/mol. The summed E-state index contributed by atoms with van der Waals surface area (Å²) in [5.74, 6) is -1.28. The minimum atomic E-state index is -0.718. The number of rotatable bonds is 5. The van der Waals surface area contributed by atoms with Crippen LogP contribution in [0.2, 0.25) is 0 Å². The highest BCUT2D eigenvalue weighted by atomic mass is 19.1. The van der Waals surface area contributed by atoms with Crippen LogP contribution >= 0.6 is 0 Å². The lowest BCUT2D eigenvalue weighted by Crippen LogP contribution is -2.41. The van der Waals surface area contributed by atoms with Crippen LogP contribution < -0.4 is 15.4 Å². The van der Waals surface area contributed by atoms with Crippen LogP contribution in [0.25, 0.3) is 0 Å². The Morgan fingerprint density at radius 2 is 1.84 bits per heavy atom. The molecule has 5 nitrogen and oxygen atoms in total. The summed E-state index contributed by atoms with van der Waals surface area (Å²) < 4.78 is 19.7. The van der Waals surface area contributed by atoms with E-state index in [1.807, 2.05) is 6.07 Å². The van der Waals surface area contributed by atoms with E-state index in [9.17, 15) is 14.0 Å². The second kappa shape index (κ2) is 7.34. The van der Waals surface area contributed by atoms with Gasteiger partial charge in [0.25, 0.3) is 0 Å². The molecule has 1 aliphatic rings. The molecular formula is C19H19FN2O3. The SMILES string of the molecule is C[C@H](NC(=O)C(=O)NC1CC1)c1ccc(Oc2ccccc2)c(F)c1. The third-order valence-corrected chi connectivity index (χ3v) is 3.89. The zero-order valence-corrected chi connectivity index (χ0v) is 13.8. The van der Waals surface area contributed by atoms with Crippen LogP contribution in [-0.2, 0) is 9.59 Å². The molecule has 1 saturated carbocycles. The Hall–Kier alpha value is -2.89. The number of para-hydroxylation sites is 1. The number of carbonyl (C=O) groups is 2. The van der Waals surface area contributed by atoms with Crippen molar-refractivity contribution in [2.45, 2.75) is 31.8 Å². The van der Waals surface area contributed by atoms with Gasteiger partial charge >= 0.3 is 11.8 Å². The van der Waals surface area contributed by atoms with Gasteiger partial charge in [0.2, 0.25) is 0 Å². The van der Waals surface area contributed by atoms with Crippen LogP contribution in [0.3, 0.4) is 0 Å². The first-order valence-corrected chi connectivity index (χ1v) is 8.16. The number of ether oxygens (including phenoxy) is 1. The Labute approximate surface area is 145 Å². The molecule has 130 valence electrons. The van der Waals surface area contributed by atoms with Crippen molar-refractivity contribution in [1.82, 2.24) is 10.6 Å². The van der Waals surface area contributed by atoms with Crippen molar-refractivity contribution in [3.8, 4) is 11.5 Å². The monoisotopic (exact) mass is 342 g/mol. The third-order valence-electron chi connectivity index (χ3n) is 3.89. The van der Waals surface area contributed by atoms with Gasteiger partial charge in [0, 0.05) is 6.04 Å². The molecule has 3 rings (SSSR count). The fourth-order valence-corrected chi connectivity index (χ4v) is 2.31. The molecule has 2 amide bonds. The molecule has 1 fully saturated rings. The van der Waals surface area contributed by atoms with Crippen molar-refractivity contribution in [2.24, 2.45) is 0 Å². The first-order valence-electron chi connectivity index (χ1n) is 8.16. The summed E-state index contributed by atoms with van der Waals surface area (Å²) >= 11 is 0. The number of hydrogen-bond donors (Lipinski definition) is 2. The fourth-order valence-electron chi connectivity index (χ4n) is 2.31. The Balaban J connectivity index is 1.62. The van der Waals surface area contributed by atoms with Crippen LogP contribution in [0.4, 0.5) is 4.39 Å². The molecule has 2 N–H and O–H groups in total. The minimum absolute atomic E-state index is 0.0972. The second-order valence-electron chi connectivity index (χ2n) is 6.05. The highest BCUT2D eigenvalue weighted by molar-refractivity contribution is 6.35. The predicted molar refractivity (Wildman–Crippen MR) is 90.6 cm³/mol. The summed E-state index contributed by atoms with van der Waals surface area (Å²) in [6.45, 7) is 1.69. The number of benzene rings is 2. The minimum Gasteiger partial charge on any atom is -0.454 e. The van der Waals surface area contributed by atoms with Crippen LogP contribution in [0.5, 0.6) is 11.5 Å². The largest absolute Gasteiger partial charge is 0.454 e. The van der Waals surface area contributed by atoms with Crippen molar-refractivity contribution in [1.29, 1.82) is 0 Å². The number of amides is 2. The van der Waals surface area contributed by atoms with Crippen LogP contribution in [0, 0.1) is 5.82 Å². The van der Waals surface area contributed by atoms with Crippen LogP contribution in [0.1, 0.15) is 31.4 Å². The number of halogens is 1. The smallest absolute Gasteiger partial charge is 0.309 e. The molecule has 0 heterocycles. The van der Waals surface area contributed by atoms with Gasteiger partial charge in [0.15, 0.2) is 11.6 Å². The molecule has 2 aromatic rings. The summed E-state index contributed by atoms with van der Waals surface area (Å²) in [7, 11) is 0. The van der Waals surface area contributed by atoms with Crippen molar-refractivity contribution >= 4 is 11.8 Å². The van der Waals surface area contributed by atoms with Gasteiger partial charge in [0.05, 0.1) is 6.04 Å². The first-order chi connectivity index (χ1) is 12.0. The summed E-state index contributed by atoms with van der Waals surface area (Å²) in [6.07, 6.45) is 1.81. The molecule has 0 saturated heterocycles. The highest BCUT2D eigenvalue weighted by Crippen LogP contribution is 2.26. The molecule has 6 heteroatoms. The standard InChI is InChI=1S/C19H19FN2O3/c1-12(21-18(23)19(24)22-14-8-9-14)13-7-10-17(16(20)11-13)25-15-5-3-2-4-6-15/h2-7,10-12,14H,8-9H2,1H3,(H,21,23)(H,22,24)/t12-/m0/s1. The molecule has 2 aromatic carbocycles. The Kier molecular flexibility index (Phi) is 4.97. The average molecular weight is 342 g/mol. The van der Waals surface area contributed by atoms with E-state index in [2.05, 4.69) is 10.6 Å². The van der Waals surface area contributed by atoms with E-state index < -0.39 is 23.7 Å². The maximum Gasteiger partial charge on any atom is 0.309 e. The Morgan fingerprint density at radius 3 is 2.48 bits per heavy atom. The predicted octanol–water partition coefficient (Wildman–Crippen LogP) is 3.07. The van der Waals surface area contributed by atoms with Gasteiger partial charge in [-0.2, -0.15) is 0 Å². The first kappa shape index (κ1) is 17.0. The number of carbonyl (C=O) groups excluding carboxylic acids is 2.